The Morgan fingerprint density at radius 1 is 1.13 bits per heavy atom. The summed E-state index contributed by atoms with van der Waals surface area (Å²) in [6.07, 6.45) is 0.619. The molecule has 0 heterocycles. The molecule has 3 heteroatoms. The van der Waals surface area contributed by atoms with E-state index >= 15 is 0 Å². The van der Waals surface area contributed by atoms with E-state index in [9.17, 15) is 0 Å². The van der Waals surface area contributed by atoms with Crippen molar-refractivity contribution in [1.82, 2.24) is 0 Å². The third kappa shape index (κ3) is 1.92. The second-order valence-electron chi connectivity index (χ2n) is 3.87. The predicted molar refractivity (Wildman–Crippen MR) is 65.4 cm³/mol. The van der Waals surface area contributed by atoms with Crippen LogP contribution in [0.15, 0.2) is 0 Å². The van der Waals surface area contributed by atoms with Crippen LogP contribution in [0.3, 0.4) is 0 Å². The van der Waals surface area contributed by atoms with Gasteiger partial charge in [0.1, 0.15) is 0 Å². The summed E-state index contributed by atoms with van der Waals surface area (Å²) >= 11 is 0. The molecule has 0 amide bonds. The lowest BCUT2D eigenvalue weighted by Gasteiger charge is -2.19. The molecule has 1 rings (SSSR count). The lowest BCUT2D eigenvalue weighted by atomic mass is 9.94. The third-order valence-corrected chi connectivity index (χ3v) is 3.11. The van der Waals surface area contributed by atoms with Crippen LogP contribution < -0.4 is 11.1 Å². The zero-order valence-electron chi connectivity index (χ0n) is 9.94. The normalized spacial score (nSPS) is 10.5. The Labute approximate surface area is 91.3 Å². The summed E-state index contributed by atoms with van der Waals surface area (Å²) in [4.78, 5) is 0. The Balaban J connectivity index is 3.45. The van der Waals surface area contributed by atoms with Crippen LogP contribution in [0.2, 0.25) is 0 Å². The summed E-state index contributed by atoms with van der Waals surface area (Å²) in [5, 5.41) is 12.2. The minimum Gasteiger partial charge on any atom is -0.398 e. The molecular formula is C12H20N2O. The number of nitrogen functional groups attached to an aromatic ring is 1. The molecule has 0 bridgehead atoms. The molecule has 84 valence electrons. The molecule has 0 saturated carbocycles. The number of aliphatic hydroxyl groups is 1. The quantitative estimate of drug-likeness (QED) is 0.663. The Morgan fingerprint density at radius 2 is 1.73 bits per heavy atom. The second-order valence-corrected chi connectivity index (χ2v) is 3.87. The van der Waals surface area contributed by atoms with Crippen molar-refractivity contribution in [1.29, 1.82) is 0 Å². The molecule has 1 aromatic carbocycles. The van der Waals surface area contributed by atoms with Crippen molar-refractivity contribution in [2.75, 3.05) is 24.7 Å². The first-order valence-corrected chi connectivity index (χ1v) is 5.21. The Morgan fingerprint density at radius 3 is 2.20 bits per heavy atom. The van der Waals surface area contributed by atoms with Crippen LogP contribution >= 0.6 is 0 Å². The van der Waals surface area contributed by atoms with E-state index in [1.54, 1.807) is 0 Å². The first-order valence-electron chi connectivity index (χ1n) is 5.21. The minimum absolute atomic E-state index is 0.136. The summed E-state index contributed by atoms with van der Waals surface area (Å²) in [5.41, 5.74) is 12.5. The molecule has 4 N–H and O–H groups in total. The van der Waals surface area contributed by atoms with E-state index in [1.807, 2.05) is 20.9 Å². The second kappa shape index (κ2) is 4.53. The number of benzene rings is 1. The molecule has 0 atom stereocenters. The van der Waals surface area contributed by atoms with Gasteiger partial charge in [-0.25, -0.2) is 0 Å². The molecular weight excluding hydrogens is 188 g/mol. The van der Waals surface area contributed by atoms with Gasteiger partial charge in [0.15, 0.2) is 0 Å². The van der Waals surface area contributed by atoms with Crippen molar-refractivity contribution in [2.45, 2.75) is 27.2 Å². The highest BCUT2D eigenvalue weighted by Crippen LogP contribution is 2.32. The number of nitrogens with one attached hydrogen (secondary N) is 1. The largest absolute Gasteiger partial charge is 0.398 e. The molecule has 0 aliphatic heterocycles. The van der Waals surface area contributed by atoms with Crippen LogP contribution in [0.25, 0.3) is 0 Å². The number of nitrogens with two attached hydrogens (primary N) is 1. The van der Waals surface area contributed by atoms with Crippen molar-refractivity contribution in [3.8, 4) is 0 Å². The Kier molecular flexibility index (Phi) is 3.58. The lowest BCUT2D eigenvalue weighted by molar-refractivity contribution is 0.299. The van der Waals surface area contributed by atoms with E-state index in [-0.39, 0.29) is 6.61 Å². The molecule has 3 nitrogen and oxygen atoms in total. The Bertz CT molecular complexity index is 373. The fraction of sp³-hybridized carbons (Fsp3) is 0.500. The summed E-state index contributed by atoms with van der Waals surface area (Å²) in [6, 6.07) is 0. The zero-order valence-corrected chi connectivity index (χ0v) is 9.94. The first-order chi connectivity index (χ1) is 7.04. The first kappa shape index (κ1) is 11.9. The molecule has 0 aliphatic carbocycles. The van der Waals surface area contributed by atoms with Gasteiger partial charge in [0.25, 0.3) is 0 Å². The van der Waals surface area contributed by atoms with Crippen molar-refractivity contribution < 1.29 is 5.11 Å². The van der Waals surface area contributed by atoms with E-state index in [0.717, 1.165) is 28.1 Å². The summed E-state index contributed by atoms with van der Waals surface area (Å²) < 4.78 is 0. The van der Waals surface area contributed by atoms with Gasteiger partial charge in [0.2, 0.25) is 0 Å². The standard InChI is InChI=1S/C12H20N2O/c1-7-8(2)12(14-4)9(3)10(5-6-15)11(7)13/h14-15H,5-6,13H2,1-4H3. The number of aliphatic hydroxyl groups excluding tert-OH is 1. The molecule has 0 fully saturated rings. The monoisotopic (exact) mass is 208 g/mol. The average Bonchev–Trinajstić information content (AvgIpc) is 2.22. The van der Waals surface area contributed by atoms with Gasteiger partial charge in [0, 0.05) is 25.0 Å². The van der Waals surface area contributed by atoms with Crippen LogP contribution in [-0.2, 0) is 6.42 Å². The van der Waals surface area contributed by atoms with Gasteiger partial charge in [-0.3, -0.25) is 0 Å². The van der Waals surface area contributed by atoms with Crippen LogP contribution in [0.5, 0.6) is 0 Å². The highest BCUT2D eigenvalue weighted by Gasteiger charge is 2.13. The van der Waals surface area contributed by atoms with Crippen molar-refractivity contribution >= 4 is 11.4 Å². The molecule has 0 saturated heterocycles. The van der Waals surface area contributed by atoms with Crippen LogP contribution in [0, 0.1) is 20.8 Å². The smallest absolute Gasteiger partial charge is 0.0472 e. The van der Waals surface area contributed by atoms with Gasteiger partial charge >= 0.3 is 0 Å². The van der Waals surface area contributed by atoms with E-state index in [4.69, 9.17) is 10.8 Å². The maximum absolute atomic E-state index is 9.02. The van der Waals surface area contributed by atoms with Gasteiger partial charge in [0.05, 0.1) is 0 Å². The molecule has 1 aromatic rings. The van der Waals surface area contributed by atoms with E-state index in [0.29, 0.717) is 6.42 Å². The third-order valence-electron chi connectivity index (χ3n) is 3.11. The number of rotatable bonds is 3. The number of hydrogen-bond donors (Lipinski definition) is 3. The van der Waals surface area contributed by atoms with Gasteiger partial charge in [-0.05, 0) is 49.4 Å². The topological polar surface area (TPSA) is 58.3 Å². The van der Waals surface area contributed by atoms with Gasteiger partial charge in [-0.15, -0.1) is 0 Å². The van der Waals surface area contributed by atoms with Crippen molar-refractivity contribution in [2.24, 2.45) is 0 Å². The SMILES string of the molecule is CNc1c(C)c(C)c(N)c(CCO)c1C. The molecule has 0 aliphatic rings. The van der Waals surface area contributed by atoms with Crippen LogP contribution in [0.1, 0.15) is 22.3 Å². The molecule has 0 radical (unpaired) electrons. The molecule has 0 aromatic heterocycles. The van der Waals surface area contributed by atoms with Crippen LogP contribution in [0.4, 0.5) is 11.4 Å². The van der Waals surface area contributed by atoms with E-state index in [1.165, 1.54) is 5.56 Å². The zero-order chi connectivity index (χ0) is 11.6. The molecule has 0 spiro atoms. The maximum Gasteiger partial charge on any atom is 0.0472 e. The average molecular weight is 208 g/mol. The molecule has 15 heavy (non-hydrogen) atoms. The summed E-state index contributed by atoms with van der Waals surface area (Å²) in [5.74, 6) is 0. The van der Waals surface area contributed by atoms with Crippen molar-refractivity contribution in [3.05, 3.63) is 22.3 Å². The molecule has 0 unspecified atom stereocenters. The van der Waals surface area contributed by atoms with Crippen molar-refractivity contribution in [3.63, 3.8) is 0 Å². The van der Waals surface area contributed by atoms with Crippen LogP contribution in [-0.4, -0.2) is 18.8 Å². The predicted octanol–water partition coefficient (Wildman–Crippen LogP) is 1.77. The highest BCUT2D eigenvalue weighted by molar-refractivity contribution is 5.71. The summed E-state index contributed by atoms with van der Waals surface area (Å²) in [6.45, 7) is 6.26. The maximum atomic E-state index is 9.02. The van der Waals surface area contributed by atoms with Gasteiger partial charge < -0.3 is 16.2 Å². The number of hydrogen-bond acceptors (Lipinski definition) is 3. The fourth-order valence-corrected chi connectivity index (χ4v) is 2.06. The highest BCUT2D eigenvalue weighted by atomic mass is 16.2. The summed E-state index contributed by atoms with van der Waals surface area (Å²) in [7, 11) is 1.91. The minimum atomic E-state index is 0.136. The fourth-order valence-electron chi connectivity index (χ4n) is 2.06. The van der Waals surface area contributed by atoms with E-state index in [2.05, 4.69) is 12.2 Å². The van der Waals surface area contributed by atoms with Gasteiger partial charge in [-0.1, -0.05) is 0 Å². The Hall–Kier alpha value is -1.22. The lowest BCUT2D eigenvalue weighted by Crippen LogP contribution is -2.08. The van der Waals surface area contributed by atoms with Gasteiger partial charge in [-0.2, -0.15) is 0 Å². The van der Waals surface area contributed by atoms with E-state index < -0.39 is 0 Å². The number of anilines is 2.